The van der Waals surface area contributed by atoms with E-state index < -0.39 is 5.82 Å². The van der Waals surface area contributed by atoms with E-state index in [1.54, 1.807) is 7.05 Å². The van der Waals surface area contributed by atoms with Crippen LogP contribution in [0.3, 0.4) is 0 Å². The molecule has 4 nitrogen and oxygen atoms in total. The largest absolute Gasteiger partial charge is 0.336 e. The Bertz CT molecular complexity index is 570. The molecule has 2 heterocycles. The second-order valence-corrected chi connectivity index (χ2v) is 4.94. The summed E-state index contributed by atoms with van der Waals surface area (Å²) in [6, 6.07) is 1.38. The van der Waals surface area contributed by atoms with Crippen LogP contribution in [0.1, 0.15) is 21.1 Å². The first-order chi connectivity index (χ1) is 8.58. The lowest BCUT2D eigenvalue weighted by Crippen LogP contribution is -2.27. The molecular weight excluding hydrogens is 253 g/mol. The minimum Gasteiger partial charge on any atom is -0.336 e. The van der Waals surface area contributed by atoms with E-state index in [4.69, 9.17) is 0 Å². The number of hydrogen-bond donors (Lipinski definition) is 0. The Morgan fingerprint density at radius 1 is 1.56 bits per heavy atom. The highest BCUT2D eigenvalue weighted by molar-refractivity contribution is 7.09. The van der Waals surface area contributed by atoms with Crippen molar-refractivity contribution in [3.8, 4) is 0 Å². The van der Waals surface area contributed by atoms with E-state index >= 15 is 0 Å². The summed E-state index contributed by atoms with van der Waals surface area (Å²) in [6.45, 7) is 2.27. The number of aryl methyl sites for hydroxylation is 1. The fourth-order valence-electron chi connectivity index (χ4n) is 1.55. The van der Waals surface area contributed by atoms with E-state index in [2.05, 4.69) is 9.97 Å². The summed E-state index contributed by atoms with van der Waals surface area (Å²) in [4.78, 5) is 21.3. The van der Waals surface area contributed by atoms with Crippen LogP contribution in [-0.4, -0.2) is 27.8 Å². The Hall–Kier alpha value is -1.82. The van der Waals surface area contributed by atoms with Gasteiger partial charge in [0, 0.05) is 18.6 Å². The zero-order chi connectivity index (χ0) is 13.1. The Labute approximate surface area is 108 Å². The molecule has 2 aromatic rings. The van der Waals surface area contributed by atoms with E-state index in [1.807, 2.05) is 12.3 Å². The van der Waals surface area contributed by atoms with Crippen molar-refractivity contribution in [3.63, 3.8) is 0 Å². The zero-order valence-electron chi connectivity index (χ0n) is 10.1. The summed E-state index contributed by atoms with van der Waals surface area (Å²) < 4.78 is 13.4. The normalized spacial score (nSPS) is 10.4. The fraction of sp³-hybridized carbons (Fsp3) is 0.250. The predicted molar refractivity (Wildman–Crippen MR) is 66.8 cm³/mol. The van der Waals surface area contributed by atoms with Crippen molar-refractivity contribution < 1.29 is 9.18 Å². The molecule has 0 aliphatic rings. The molecule has 0 radical (unpaired) electrons. The molecule has 0 spiro atoms. The molecule has 2 aromatic heterocycles. The number of nitrogens with zero attached hydrogens (tertiary/aromatic N) is 3. The van der Waals surface area contributed by atoms with Gasteiger partial charge in [-0.15, -0.1) is 11.3 Å². The molecule has 0 N–H and O–H groups in total. The van der Waals surface area contributed by atoms with Crippen LogP contribution in [0.4, 0.5) is 4.39 Å². The van der Waals surface area contributed by atoms with Crippen molar-refractivity contribution >= 4 is 17.2 Å². The SMILES string of the molecule is Cc1nc(CN(C)C(=O)c2ccncc2F)cs1. The molecular formula is C12H12FN3OS. The van der Waals surface area contributed by atoms with E-state index in [9.17, 15) is 9.18 Å². The van der Waals surface area contributed by atoms with Crippen molar-refractivity contribution in [2.24, 2.45) is 0 Å². The van der Waals surface area contributed by atoms with Gasteiger partial charge in [0.25, 0.3) is 5.91 Å². The maximum atomic E-state index is 13.4. The number of aromatic nitrogens is 2. The smallest absolute Gasteiger partial charge is 0.257 e. The summed E-state index contributed by atoms with van der Waals surface area (Å²) in [7, 11) is 1.62. The van der Waals surface area contributed by atoms with Gasteiger partial charge in [-0.25, -0.2) is 9.37 Å². The van der Waals surface area contributed by atoms with Crippen molar-refractivity contribution in [1.29, 1.82) is 0 Å². The number of hydrogen-bond acceptors (Lipinski definition) is 4. The van der Waals surface area contributed by atoms with Gasteiger partial charge >= 0.3 is 0 Å². The van der Waals surface area contributed by atoms with Crippen LogP contribution in [0.25, 0.3) is 0 Å². The van der Waals surface area contributed by atoms with Gasteiger partial charge in [0.1, 0.15) is 0 Å². The quantitative estimate of drug-likeness (QED) is 0.855. The first kappa shape index (κ1) is 12.6. The Morgan fingerprint density at radius 2 is 2.33 bits per heavy atom. The number of amides is 1. The number of carbonyl (C=O) groups excluding carboxylic acids is 1. The van der Waals surface area contributed by atoms with E-state index in [-0.39, 0.29) is 11.5 Å². The lowest BCUT2D eigenvalue weighted by atomic mass is 10.2. The van der Waals surface area contributed by atoms with Gasteiger partial charge in [0.05, 0.1) is 29.0 Å². The lowest BCUT2D eigenvalue weighted by Gasteiger charge is -2.16. The van der Waals surface area contributed by atoms with Crippen molar-refractivity contribution in [2.75, 3.05) is 7.05 Å². The van der Waals surface area contributed by atoms with Crippen molar-refractivity contribution in [1.82, 2.24) is 14.9 Å². The van der Waals surface area contributed by atoms with Gasteiger partial charge in [-0.2, -0.15) is 0 Å². The molecule has 0 unspecified atom stereocenters. The molecule has 0 saturated carbocycles. The molecule has 0 aliphatic heterocycles. The molecule has 94 valence electrons. The van der Waals surface area contributed by atoms with Crippen LogP contribution in [0.5, 0.6) is 0 Å². The van der Waals surface area contributed by atoms with Crippen LogP contribution in [0.2, 0.25) is 0 Å². The standard InChI is InChI=1S/C12H12FN3OS/c1-8-15-9(7-18-8)6-16(2)12(17)10-3-4-14-5-11(10)13/h3-5,7H,6H2,1-2H3. The minimum absolute atomic E-state index is 0.0273. The molecule has 0 bridgehead atoms. The van der Waals surface area contributed by atoms with E-state index in [1.165, 1.54) is 28.5 Å². The van der Waals surface area contributed by atoms with Gasteiger partial charge in [-0.05, 0) is 13.0 Å². The van der Waals surface area contributed by atoms with Crippen molar-refractivity contribution in [2.45, 2.75) is 13.5 Å². The Kier molecular flexibility index (Phi) is 3.66. The predicted octanol–water partition coefficient (Wildman–Crippen LogP) is 2.26. The first-order valence-corrected chi connectivity index (χ1v) is 6.22. The third-order valence-electron chi connectivity index (χ3n) is 2.42. The second kappa shape index (κ2) is 5.22. The number of thiazole rings is 1. The summed E-state index contributed by atoms with van der Waals surface area (Å²) in [5.41, 5.74) is 0.835. The van der Waals surface area contributed by atoms with Gasteiger partial charge < -0.3 is 4.90 Å². The summed E-state index contributed by atoms with van der Waals surface area (Å²) in [5.74, 6) is -0.982. The fourth-order valence-corrected chi connectivity index (χ4v) is 2.15. The number of rotatable bonds is 3. The monoisotopic (exact) mass is 265 g/mol. The van der Waals surface area contributed by atoms with Gasteiger partial charge in [0.2, 0.25) is 0 Å². The third kappa shape index (κ3) is 2.70. The first-order valence-electron chi connectivity index (χ1n) is 5.34. The Morgan fingerprint density at radius 3 is 2.94 bits per heavy atom. The van der Waals surface area contributed by atoms with E-state index in [0.29, 0.717) is 6.54 Å². The highest BCUT2D eigenvalue weighted by Crippen LogP contribution is 2.13. The molecule has 2 rings (SSSR count). The Balaban J connectivity index is 2.12. The molecule has 0 aromatic carbocycles. The average molecular weight is 265 g/mol. The number of halogens is 1. The van der Waals surface area contributed by atoms with Crippen LogP contribution in [-0.2, 0) is 6.54 Å². The summed E-state index contributed by atoms with van der Waals surface area (Å²) >= 11 is 1.52. The zero-order valence-corrected chi connectivity index (χ0v) is 10.9. The molecule has 6 heteroatoms. The highest BCUT2D eigenvalue weighted by atomic mass is 32.1. The van der Waals surface area contributed by atoms with Crippen LogP contribution in [0, 0.1) is 12.7 Å². The maximum Gasteiger partial charge on any atom is 0.257 e. The lowest BCUT2D eigenvalue weighted by molar-refractivity contribution is 0.0778. The third-order valence-corrected chi connectivity index (χ3v) is 3.24. The van der Waals surface area contributed by atoms with Gasteiger partial charge in [0.15, 0.2) is 5.82 Å². The minimum atomic E-state index is -0.608. The number of carbonyl (C=O) groups is 1. The van der Waals surface area contributed by atoms with Crippen LogP contribution >= 0.6 is 11.3 Å². The molecule has 18 heavy (non-hydrogen) atoms. The summed E-state index contributed by atoms with van der Waals surface area (Å²) in [5, 5.41) is 2.84. The van der Waals surface area contributed by atoms with Crippen LogP contribution < -0.4 is 0 Å². The molecule has 0 fully saturated rings. The molecule has 1 amide bonds. The maximum absolute atomic E-state index is 13.4. The topological polar surface area (TPSA) is 46.1 Å². The van der Waals surface area contributed by atoms with Gasteiger partial charge in [-0.3, -0.25) is 9.78 Å². The van der Waals surface area contributed by atoms with Crippen molar-refractivity contribution in [3.05, 3.63) is 45.9 Å². The van der Waals surface area contributed by atoms with Gasteiger partial charge in [-0.1, -0.05) is 0 Å². The van der Waals surface area contributed by atoms with Crippen LogP contribution in [0.15, 0.2) is 23.8 Å². The van der Waals surface area contributed by atoms with E-state index in [0.717, 1.165) is 16.9 Å². The second-order valence-electron chi connectivity index (χ2n) is 3.87. The number of pyridine rings is 1. The summed E-state index contributed by atoms with van der Waals surface area (Å²) in [6.07, 6.45) is 2.44. The molecule has 0 atom stereocenters. The molecule has 0 aliphatic carbocycles. The highest BCUT2D eigenvalue weighted by Gasteiger charge is 2.16. The molecule has 0 saturated heterocycles. The average Bonchev–Trinajstić information content (AvgIpc) is 2.74.